The summed E-state index contributed by atoms with van der Waals surface area (Å²) < 4.78 is 0. The summed E-state index contributed by atoms with van der Waals surface area (Å²) in [5.74, 6) is 0.983. The van der Waals surface area contributed by atoms with E-state index in [2.05, 4.69) is 64.3 Å². The predicted molar refractivity (Wildman–Crippen MR) is 134 cm³/mol. The summed E-state index contributed by atoms with van der Waals surface area (Å²) in [6.07, 6.45) is 6.86. The molecule has 1 aromatic rings. The van der Waals surface area contributed by atoms with Gasteiger partial charge in [0.05, 0.1) is 6.54 Å². The minimum atomic E-state index is 0. The number of guanidine groups is 1. The standard InChI is InChI=1S/C23H37N5.HI/c1-3-14-27-16-12-21(13-17-27)26-23(24-4-2)25-18-22-11-8-15-28(22)19-20-9-6-5-7-10-20;/h3,5-7,9-10,21-22H,1,4,8,11-19H2,2H3,(H2,24,25,26);1H. The van der Waals surface area contributed by atoms with Crippen LogP contribution < -0.4 is 10.6 Å². The molecule has 2 fully saturated rings. The Morgan fingerprint density at radius 2 is 1.93 bits per heavy atom. The molecule has 1 atom stereocenters. The zero-order chi connectivity index (χ0) is 19.6. The average Bonchev–Trinajstić information content (AvgIpc) is 3.16. The van der Waals surface area contributed by atoms with Crippen LogP contribution in [0.25, 0.3) is 0 Å². The molecule has 2 heterocycles. The first-order valence-electron chi connectivity index (χ1n) is 10.9. The van der Waals surface area contributed by atoms with Crippen LogP contribution in [-0.4, -0.2) is 67.1 Å². The van der Waals surface area contributed by atoms with Gasteiger partial charge in [-0.1, -0.05) is 36.4 Å². The van der Waals surface area contributed by atoms with Crippen LogP contribution in [0.5, 0.6) is 0 Å². The second-order valence-corrected chi connectivity index (χ2v) is 7.98. The molecule has 2 aliphatic rings. The van der Waals surface area contributed by atoms with Gasteiger partial charge < -0.3 is 10.6 Å². The number of rotatable bonds is 8. The van der Waals surface area contributed by atoms with Crippen molar-refractivity contribution in [3.8, 4) is 0 Å². The molecule has 162 valence electrons. The monoisotopic (exact) mass is 511 g/mol. The van der Waals surface area contributed by atoms with Crippen molar-refractivity contribution in [3.63, 3.8) is 0 Å². The summed E-state index contributed by atoms with van der Waals surface area (Å²) in [4.78, 5) is 10.0. The van der Waals surface area contributed by atoms with E-state index in [0.717, 1.165) is 45.2 Å². The molecule has 1 unspecified atom stereocenters. The van der Waals surface area contributed by atoms with E-state index in [9.17, 15) is 0 Å². The summed E-state index contributed by atoms with van der Waals surface area (Å²) in [5, 5.41) is 7.12. The lowest BCUT2D eigenvalue weighted by Gasteiger charge is -2.32. The number of nitrogens with one attached hydrogen (secondary N) is 2. The zero-order valence-electron chi connectivity index (χ0n) is 17.9. The van der Waals surface area contributed by atoms with E-state index in [1.807, 2.05) is 6.08 Å². The number of aliphatic imine (C=N–C) groups is 1. The van der Waals surface area contributed by atoms with Gasteiger partial charge in [0.15, 0.2) is 5.96 Å². The second-order valence-electron chi connectivity index (χ2n) is 7.98. The van der Waals surface area contributed by atoms with E-state index in [4.69, 9.17) is 4.99 Å². The molecule has 2 saturated heterocycles. The lowest BCUT2D eigenvalue weighted by molar-refractivity contribution is 0.224. The molecule has 2 aliphatic heterocycles. The summed E-state index contributed by atoms with van der Waals surface area (Å²) in [6, 6.07) is 11.9. The molecule has 5 nitrogen and oxygen atoms in total. The van der Waals surface area contributed by atoms with Crippen LogP contribution in [0, 0.1) is 0 Å². The van der Waals surface area contributed by atoms with Crippen LogP contribution in [0.4, 0.5) is 0 Å². The Balaban J connectivity index is 0.00000300. The minimum absolute atomic E-state index is 0. The van der Waals surface area contributed by atoms with Crippen molar-refractivity contribution in [1.82, 2.24) is 20.4 Å². The second kappa shape index (κ2) is 13.2. The Bertz CT molecular complexity index is 613. The third-order valence-electron chi connectivity index (χ3n) is 5.85. The zero-order valence-corrected chi connectivity index (χ0v) is 20.2. The van der Waals surface area contributed by atoms with Gasteiger partial charge in [0, 0.05) is 44.8 Å². The third-order valence-corrected chi connectivity index (χ3v) is 5.85. The normalized spacial score (nSPS) is 21.6. The number of halogens is 1. The van der Waals surface area contributed by atoms with Gasteiger partial charge in [-0.25, -0.2) is 0 Å². The van der Waals surface area contributed by atoms with Crippen LogP contribution in [0.3, 0.4) is 0 Å². The van der Waals surface area contributed by atoms with Gasteiger partial charge in [-0.3, -0.25) is 14.8 Å². The summed E-state index contributed by atoms with van der Waals surface area (Å²) in [6.45, 7) is 13.3. The van der Waals surface area contributed by atoms with Gasteiger partial charge in [0.1, 0.15) is 0 Å². The molecule has 0 bridgehead atoms. The van der Waals surface area contributed by atoms with Crippen LogP contribution in [0.2, 0.25) is 0 Å². The van der Waals surface area contributed by atoms with Crippen molar-refractivity contribution in [2.24, 2.45) is 4.99 Å². The van der Waals surface area contributed by atoms with Crippen LogP contribution in [0.1, 0.15) is 38.2 Å². The quantitative estimate of drug-likeness (QED) is 0.243. The number of benzene rings is 1. The molecule has 0 amide bonds. The molecule has 0 aliphatic carbocycles. The molecule has 0 saturated carbocycles. The number of piperidine rings is 1. The molecule has 6 heteroatoms. The van der Waals surface area contributed by atoms with Gasteiger partial charge >= 0.3 is 0 Å². The molecular weight excluding hydrogens is 473 g/mol. The van der Waals surface area contributed by atoms with E-state index in [1.165, 1.54) is 37.8 Å². The van der Waals surface area contributed by atoms with E-state index in [1.54, 1.807) is 0 Å². The molecule has 29 heavy (non-hydrogen) atoms. The van der Waals surface area contributed by atoms with Crippen molar-refractivity contribution in [2.45, 2.75) is 51.2 Å². The largest absolute Gasteiger partial charge is 0.357 e. The highest BCUT2D eigenvalue weighted by molar-refractivity contribution is 14.0. The van der Waals surface area contributed by atoms with Gasteiger partial charge in [0.2, 0.25) is 0 Å². The highest BCUT2D eigenvalue weighted by atomic mass is 127. The predicted octanol–water partition coefficient (Wildman–Crippen LogP) is 3.47. The Hall–Kier alpha value is -1.12. The maximum absolute atomic E-state index is 4.96. The molecule has 0 radical (unpaired) electrons. The first-order chi connectivity index (χ1) is 13.8. The lowest BCUT2D eigenvalue weighted by atomic mass is 10.1. The van der Waals surface area contributed by atoms with Gasteiger partial charge in [-0.05, 0) is 44.7 Å². The fraction of sp³-hybridized carbons (Fsp3) is 0.609. The van der Waals surface area contributed by atoms with Gasteiger partial charge in [-0.15, -0.1) is 30.6 Å². The highest BCUT2D eigenvalue weighted by Crippen LogP contribution is 2.20. The van der Waals surface area contributed by atoms with E-state index in [-0.39, 0.29) is 24.0 Å². The molecule has 2 N–H and O–H groups in total. The van der Waals surface area contributed by atoms with Crippen LogP contribution in [0.15, 0.2) is 48.0 Å². The van der Waals surface area contributed by atoms with E-state index in [0.29, 0.717) is 12.1 Å². The smallest absolute Gasteiger partial charge is 0.191 e. The number of hydrogen-bond acceptors (Lipinski definition) is 3. The number of nitrogens with zero attached hydrogens (tertiary/aromatic N) is 3. The fourth-order valence-corrected chi connectivity index (χ4v) is 4.28. The topological polar surface area (TPSA) is 42.9 Å². The maximum atomic E-state index is 4.96. The first kappa shape index (κ1) is 24.2. The highest BCUT2D eigenvalue weighted by Gasteiger charge is 2.25. The molecule has 1 aromatic carbocycles. The number of hydrogen-bond donors (Lipinski definition) is 2. The SMILES string of the molecule is C=CCN1CCC(NC(=NCC2CCCN2Cc2ccccc2)NCC)CC1.I. The van der Waals surface area contributed by atoms with Gasteiger partial charge in [-0.2, -0.15) is 0 Å². The minimum Gasteiger partial charge on any atom is -0.357 e. The molecule has 0 spiro atoms. The van der Waals surface area contributed by atoms with Gasteiger partial charge in [0.25, 0.3) is 0 Å². The fourth-order valence-electron chi connectivity index (χ4n) is 4.28. The summed E-state index contributed by atoms with van der Waals surface area (Å²) in [7, 11) is 0. The maximum Gasteiger partial charge on any atom is 0.191 e. The van der Waals surface area contributed by atoms with Crippen molar-refractivity contribution >= 4 is 29.9 Å². The molecular formula is C23H38IN5. The van der Waals surface area contributed by atoms with E-state index >= 15 is 0 Å². The Kier molecular flexibility index (Phi) is 11.0. The van der Waals surface area contributed by atoms with Crippen molar-refractivity contribution < 1.29 is 0 Å². The average molecular weight is 511 g/mol. The molecule has 0 aromatic heterocycles. The Labute approximate surface area is 194 Å². The van der Waals surface area contributed by atoms with Crippen LogP contribution >= 0.6 is 24.0 Å². The first-order valence-corrected chi connectivity index (χ1v) is 10.9. The Morgan fingerprint density at radius 1 is 1.17 bits per heavy atom. The number of likely N-dealkylation sites (tertiary alicyclic amines) is 2. The van der Waals surface area contributed by atoms with Crippen molar-refractivity contribution in [1.29, 1.82) is 0 Å². The summed E-state index contributed by atoms with van der Waals surface area (Å²) in [5.41, 5.74) is 1.40. The third kappa shape index (κ3) is 7.90. The van der Waals surface area contributed by atoms with Crippen molar-refractivity contribution in [2.75, 3.05) is 39.3 Å². The lowest BCUT2D eigenvalue weighted by Crippen LogP contribution is -2.49. The van der Waals surface area contributed by atoms with Crippen LogP contribution in [-0.2, 0) is 6.54 Å². The Morgan fingerprint density at radius 3 is 2.62 bits per heavy atom. The van der Waals surface area contributed by atoms with E-state index < -0.39 is 0 Å². The molecule has 3 rings (SSSR count). The summed E-state index contributed by atoms with van der Waals surface area (Å²) >= 11 is 0. The van der Waals surface area contributed by atoms with Crippen molar-refractivity contribution in [3.05, 3.63) is 48.6 Å².